The fourth-order valence-electron chi connectivity index (χ4n) is 1.01. The second-order valence-electron chi connectivity index (χ2n) is 3.77. The molecule has 0 aromatic carbocycles. The van der Waals surface area contributed by atoms with Crippen molar-refractivity contribution in [1.29, 1.82) is 0 Å². The maximum Gasteiger partial charge on any atom is 0.242 e. The molecule has 1 aromatic rings. The molecule has 0 atom stereocenters. The smallest absolute Gasteiger partial charge is 0.242 e. The number of alkyl halides is 2. The molecule has 0 amide bonds. The van der Waals surface area contributed by atoms with Gasteiger partial charge in [0, 0.05) is 33.1 Å². The molecule has 1 aromatic heterocycles. The molecule has 0 radical (unpaired) electrons. The minimum atomic E-state index is -3.57. The van der Waals surface area contributed by atoms with Crippen LogP contribution < -0.4 is 4.72 Å². The lowest BCUT2D eigenvalue weighted by Gasteiger charge is -2.25. The molecule has 1 N–H and O–H groups in total. The van der Waals surface area contributed by atoms with Crippen molar-refractivity contribution in [1.82, 2.24) is 9.71 Å². The average Bonchev–Trinajstić information content (AvgIpc) is 2.28. The fourth-order valence-corrected chi connectivity index (χ4v) is 4.50. The lowest BCUT2D eigenvalue weighted by molar-refractivity contribution is 0.509. The van der Waals surface area contributed by atoms with Crippen LogP contribution in [-0.2, 0) is 10.0 Å². The summed E-state index contributed by atoms with van der Waals surface area (Å²) >= 11 is 9.78. The highest BCUT2D eigenvalue weighted by Crippen LogP contribution is 2.19. The predicted molar refractivity (Wildman–Crippen MR) is 78.3 cm³/mol. The van der Waals surface area contributed by atoms with E-state index in [9.17, 15) is 8.42 Å². The molecule has 0 saturated heterocycles. The van der Waals surface area contributed by atoms with E-state index in [-0.39, 0.29) is 4.90 Å². The average molecular weight is 451 g/mol. The zero-order chi connectivity index (χ0) is 13.1. The van der Waals surface area contributed by atoms with Gasteiger partial charge in [0.15, 0.2) is 0 Å². The van der Waals surface area contributed by atoms with Crippen molar-refractivity contribution in [2.24, 2.45) is 0 Å². The summed E-state index contributed by atoms with van der Waals surface area (Å²) in [6.07, 6.45) is 2.85. The first-order valence-electron chi connectivity index (χ1n) is 4.59. The number of nitrogens with one attached hydrogen (secondary N) is 1. The van der Waals surface area contributed by atoms with Gasteiger partial charge in [-0.15, -0.1) is 0 Å². The number of sulfonamides is 1. The zero-order valence-corrected chi connectivity index (χ0v) is 14.5. The van der Waals surface area contributed by atoms with Crippen molar-refractivity contribution in [2.75, 3.05) is 10.7 Å². The van der Waals surface area contributed by atoms with Gasteiger partial charge in [-0.1, -0.05) is 31.9 Å². The molecule has 17 heavy (non-hydrogen) atoms. The number of hydrogen-bond acceptors (Lipinski definition) is 3. The van der Waals surface area contributed by atoms with Crippen LogP contribution in [0.4, 0.5) is 0 Å². The minimum absolute atomic E-state index is 0.139. The maximum absolute atomic E-state index is 12.1. The summed E-state index contributed by atoms with van der Waals surface area (Å²) in [5, 5.41) is 1.01. The Kier molecular flexibility index (Phi) is 5.58. The second-order valence-corrected chi connectivity index (χ2v) is 7.49. The van der Waals surface area contributed by atoms with Crippen LogP contribution in [0.2, 0.25) is 0 Å². The Morgan fingerprint density at radius 1 is 1.35 bits per heavy atom. The van der Waals surface area contributed by atoms with Crippen molar-refractivity contribution in [2.45, 2.75) is 17.4 Å². The van der Waals surface area contributed by atoms with Gasteiger partial charge >= 0.3 is 0 Å². The van der Waals surface area contributed by atoms with Crippen LogP contribution in [0.3, 0.4) is 0 Å². The highest BCUT2D eigenvalue weighted by atomic mass is 79.9. The van der Waals surface area contributed by atoms with Gasteiger partial charge in [0.05, 0.1) is 0 Å². The van der Waals surface area contributed by atoms with Gasteiger partial charge in [0.25, 0.3) is 0 Å². The molecular weight excluding hydrogens is 440 g/mol. The highest BCUT2D eigenvalue weighted by Gasteiger charge is 2.29. The minimum Gasteiger partial charge on any atom is -0.262 e. The molecule has 96 valence electrons. The summed E-state index contributed by atoms with van der Waals surface area (Å²) in [6, 6.07) is 1.51. The van der Waals surface area contributed by atoms with Gasteiger partial charge in [-0.25, -0.2) is 13.1 Å². The molecule has 4 nitrogen and oxygen atoms in total. The number of nitrogens with zero attached hydrogens (tertiary/aromatic N) is 1. The summed E-state index contributed by atoms with van der Waals surface area (Å²) in [4.78, 5) is 3.98. The third-order valence-electron chi connectivity index (χ3n) is 1.96. The second kappa shape index (κ2) is 6.10. The summed E-state index contributed by atoms with van der Waals surface area (Å²) in [7, 11) is -3.57. The Labute approximate surface area is 126 Å². The Bertz CT molecular complexity index is 489. The largest absolute Gasteiger partial charge is 0.262 e. The van der Waals surface area contributed by atoms with E-state index in [0.717, 1.165) is 0 Å². The fraction of sp³-hybridized carbons (Fsp3) is 0.444. The number of pyridine rings is 1. The molecule has 0 fully saturated rings. The van der Waals surface area contributed by atoms with Crippen molar-refractivity contribution in [3.8, 4) is 0 Å². The van der Waals surface area contributed by atoms with Crippen molar-refractivity contribution < 1.29 is 8.42 Å². The van der Waals surface area contributed by atoms with Gasteiger partial charge < -0.3 is 0 Å². The lowest BCUT2D eigenvalue weighted by Crippen LogP contribution is -2.48. The van der Waals surface area contributed by atoms with Gasteiger partial charge in [-0.2, -0.15) is 0 Å². The van der Waals surface area contributed by atoms with Crippen LogP contribution in [0.5, 0.6) is 0 Å². The van der Waals surface area contributed by atoms with E-state index < -0.39 is 15.6 Å². The van der Waals surface area contributed by atoms with Gasteiger partial charge in [0.1, 0.15) is 4.90 Å². The molecule has 1 heterocycles. The topological polar surface area (TPSA) is 59.1 Å². The summed E-state index contributed by atoms with van der Waals surface area (Å²) in [5.74, 6) is 0. The van der Waals surface area contributed by atoms with Gasteiger partial charge in [-0.3, -0.25) is 4.98 Å². The van der Waals surface area contributed by atoms with Crippen molar-refractivity contribution in [3.63, 3.8) is 0 Å². The Morgan fingerprint density at radius 2 is 1.94 bits per heavy atom. The van der Waals surface area contributed by atoms with Crippen molar-refractivity contribution >= 4 is 57.8 Å². The Balaban J connectivity index is 3.05. The zero-order valence-electron chi connectivity index (χ0n) is 8.95. The first-order valence-corrected chi connectivity index (χ1v) is 9.11. The third kappa shape index (κ3) is 4.27. The number of aromatic nitrogens is 1. The van der Waals surface area contributed by atoms with Crippen LogP contribution in [-0.4, -0.2) is 29.6 Å². The quantitative estimate of drug-likeness (QED) is 0.702. The number of hydrogen-bond donors (Lipinski definition) is 1. The SMILES string of the molecule is CC(CBr)(CBr)NS(=O)(=O)c1cncc(Br)c1. The Morgan fingerprint density at radius 3 is 2.41 bits per heavy atom. The van der Waals surface area contributed by atoms with Crippen LogP contribution in [0.1, 0.15) is 6.92 Å². The first-order chi connectivity index (χ1) is 7.83. The maximum atomic E-state index is 12.1. The molecular formula is C9H11Br3N2O2S. The van der Waals surface area contributed by atoms with Crippen molar-refractivity contribution in [3.05, 3.63) is 22.9 Å². The first kappa shape index (κ1) is 15.6. The molecule has 0 aliphatic rings. The van der Waals surface area contributed by atoms with E-state index in [4.69, 9.17) is 0 Å². The lowest BCUT2D eigenvalue weighted by atomic mass is 10.1. The highest BCUT2D eigenvalue weighted by molar-refractivity contribution is 9.10. The Hall–Kier alpha value is 0.500. The van der Waals surface area contributed by atoms with Crippen LogP contribution in [0, 0.1) is 0 Å². The summed E-state index contributed by atoms with van der Waals surface area (Å²) in [6.45, 7) is 1.81. The molecule has 0 aliphatic carbocycles. The molecule has 1 rings (SSSR count). The molecule has 8 heteroatoms. The standard InChI is InChI=1S/C9H11Br3N2O2S/c1-9(5-10,6-11)14-17(15,16)8-2-7(12)3-13-4-8/h2-4,14H,5-6H2,1H3. The number of rotatable bonds is 5. The van der Waals surface area contributed by atoms with E-state index in [2.05, 4.69) is 57.5 Å². The molecule has 0 bridgehead atoms. The van der Waals surface area contributed by atoms with E-state index >= 15 is 0 Å². The molecule has 0 spiro atoms. The van der Waals surface area contributed by atoms with E-state index in [1.165, 1.54) is 18.5 Å². The van der Waals surface area contributed by atoms with Gasteiger partial charge in [0.2, 0.25) is 10.0 Å². The molecule has 0 saturated carbocycles. The monoisotopic (exact) mass is 448 g/mol. The van der Waals surface area contributed by atoms with Crippen LogP contribution in [0.15, 0.2) is 27.8 Å². The normalized spacial score (nSPS) is 12.7. The number of halogens is 3. The van der Waals surface area contributed by atoms with Crippen LogP contribution in [0.25, 0.3) is 0 Å². The molecule has 0 unspecified atom stereocenters. The predicted octanol–water partition coefficient (Wildman–Crippen LogP) is 2.67. The van der Waals surface area contributed by atoms with E-state index in [1.807, 2.05) is 0 Å². The molecule has 0 aliphatic heterocycles. The summed E-state index contributed by atoms with van der Waals surface area (Å²) in [5.41, 5.74) is -0.582. The van der Waals surface area contributed by atoms with Gasteiger partial charge in [-0.05, 0) is 28.9 Å². The van der Waals surface area contributed by atoms with E-state index in [1.54, 1.807) is 6.92 Å². The van der Waals surface area contributed by atoms with Crippen LogP contribution >= 0.6 is 47.8 Å². The van der Waals surface area contributed by atoms with E-state index in [0.29, 0.717) is 15.1 Å². The third-order valence-corrected chi connectivity index (χ3v) is 6.47. The summed E-state index contributed by atoms with van der Waals surface area (Å²) < 4.78 is 27.5.